The SMILES string of the molecule is CC/C=C\C/C=C\C/C=C\C/C=C\C/C=C\CCCC(=O)OC(COC(=O)CCCCCCCCCCCCCCCCCCCCC)COC1OC(CS(=O)(=O)O)C(O)C(O)C1O. The first-order valence-corrected chi connectivity index (χ1v) is 26.5. The van der Waals surface area contributed by atoms with E-state index in [1.807, 2.05) is 12.2 Å². The number of aliphatic hydroxyl groups excluding tert-OH is 3. The van der Waals surface area contributed by atoms with Crippen molar-refractivity contribution in [2.24, 2.45) is 0 Å². The quantitative estimate of drug-likeness (QED) is 0.0197. The van der Waals surface area contributed by atoms with E-state index in [1.165, 1.54) is 96.3 Å². The molecule has 0 bridgehead atoms. The van der Waals surface area contributed by atoms with E-state index < -0.39 is 71.2 Å². The molecule has 1 aliphatic rings. The van der Waals surface area contributed by atoms with Crippen molar-refractivity contribution in [3.63, 3.8) is 0 Å². The third kappa shape index (κ3) is 34.7. The van der Waals surface area contributed by atoms with E-state index in [4.69, 9.17) is 18.9 Å². The molecule has 0 spiro atoms. The molecule has 13 heteroatoms. The average Bonchev–Trinajstić information content (AvgIpc) is 3.26. The lowest BCUT2D eigenvalue weighted by Crippen LogP contribution is -2.60. The maximum Gasteiger partial charge on any atom is 0.306 e. The van der Waals surface area contributed by atoms with Crippen LogP contribution in [0, 0.1) is 0 Å². The number of hydrogen-bond acceptors (Lipinski definition) is 11. The van der Waals surface area contributed by atoms with Gasteiger partial charge < -0.3 is 34.3 Å². The van der Waals surface area contributed by atoms with Crippen LogP contribution in [0.15, 0.2) is 60.8 Å². The summed E-state index contributed by atoms with van der Waals surface area (Å²) < 4.78 is 54.1. The Kier molecular flexibility index (Phi) is 37.7. The maximum absolute atomic E-state index is 12.8. The molecule has 1 rings (SSSR count). The van der Waals surface area contributed by atoms with Crippen LogP contribution in [0.1, 0.15) is 194 Å². The zero-order valence-electron chi connectivity index (χ0n) is 39.6. The summed E-state index contributed by atoms with van der Waals surface area (Å²) in [6.07, 6.45) is 41.3. The standard InChI is InChI=1S/C51H88O12S/c1-3-5-7-9-11-13-15-17-19-21-22-24-25-27-29-31-33-35-37-39-46(52)60-41-44(42-61-51-50(56)49(55)48(54)45(63-51)43-64(57,58)59)62-47(53)40-38-36-34-32-30-28-26-23-20-18-16-14-12-10-8-6-4-2/h6,8,12,14,18,20,26,28,32,34,44-45,48-51,54-56H,3-5,7,9-11,13,15-17,19,21-25,27,29-31,33,35-43H2,1-2H3,(H,57,58,59)/b8-6-,14-12-,20-18-,28-26-,34-32-. The molecule has 1 fully saturated rings. The van der Waals surface area contributed by atoms with E-state index in [-0.39, 0.29) is 19.4 Å². The number of hydrogen-bond donors (Lipinski definition) is 4. The van der Waals surface area contributed by atoms with Crippen LogP contribution in [0.3, 0.4) is 0 Å². The summed E-state index contributed by atoms with van der Waals surface area (Å²) in [4.78, 5) is 25.5. The third-order valence-electron chi connectivity index (χ3n) is 11.1. The van der Waals surface area contributed by atoms with Crippen LogP contribution in [0.4, 0.5) is 0 Å². The smallest absolute Gasteiger partial charge is 0.306 e. The molecule has 0 aromatic rings. The molecule has 0 radical (unpaired) electrons. The molecular weight excluding hydrogens is 837 g/mol. The Morgan fingerprint density at radius 2 is 0.984 bits per heavy atom. The van der Waals surface area contributed by atoms with Crippen LogP contribution in [-0.4, -0.2) is 96.0 Å². The Morgan fingerprint density at radius 1 is 0.547 bits per heavy atom. The summed E-state index contributed by atoms with van der Waals surface area (Å²) in [6.45, 7) is 3.62. The summed E-state index contributed by atoms with van der Waals surface area (Å²) >= 11 is 0. The van der Waals surface area contributed by atoms with E-state index in [9.17, 15) is 37.9 Å². The molecule has 64 heavy (non-hydrogen) atoms. The van der Waals surface area contributed by atoms with Gasteiger partial charge in [-0.3, -0.25) is 14.1 Å². The molecule has 0 amide bonds. The lowest BCUT2D eigenvalue weighted by molar-refractivity contribution is -0.297. The Balaban J connectivity index is 2.42. The number of esters is 2. The topological polar surface area (TPSA) is 186 Å². The van der Waals surface area contributed by atoms with Gasteiger partial charge in [0.15, 0.2) is 12.4 Å². The number of carbonyl (C=O) groups is 2. The highest BCUT2D eigenvalue weighted by Gasteiger charge is 2.46. The van der Waals surface area contributed by atoms with Gasteiger partial charge in [-0.2, -0.15) is 8.42 Å². The monoisotopic (exact) mass is 925 g/mol. The molecule has 0 aromatic carbocycles. The van der Waals surface area contributed by atoms with Gasteiger partial charge in [0.25, 0.3) is 10.1 Å². The first-order chi connectivity index (χ1) is 31.0. The largest absolute Gasteiger partial charge is 0.462 e. The first-order valence-electron chi connectivity index (χ1n) is 24.8. The van der Waals surface area contributed by atoms with Crippen molar-refractivity contribution < 1.29 is 56.8 Å². The highest BCUT2D eigenvalue weighted by Crippen LogP contribution is 2.24. The van der Waals surface area contributed by atoms with Gasteiger partial charge in [-0.1, -0.05) is 190 Å². The first kappa shape index (κ1) is 59.4. The summed E-state index contributed by atoms with van der Waals surface area (Å²) in [5.74, 6) is -2.06. The molecule has 4 N–H and O–H groups in total. The summed E-state index contributed by atoms with van der Waals surface area (Å²) in [5, 5.41) is 30.9. The van der Waals surface area contributed by atoms with Gasteiger partial charge in [0.2, 0.25) is 0 Å². The molecular formula is C51H88O12S. The molecule has 1 heterocycles. The van der Waals surface area contributed by atoms with Gasteiger partial charge in [0, 0.05) is 12.8 Å². The van der Waals surface area contributed by atoms with Gasteiger partial charge in [0.1, 0.15) is 36.8 Å². The van der Waals surface area contributed by atoms with Crippen molar-refractivity contribution >= 4 is 22.1 Å². The van der Waals surface area contributed by atoms with Crippen molar-refractivity contribution in [1.82, 2.24) is 0 Å². The van der Waals surface area contributed by atoms with Gasteiger partial charge in [-0.15, -0.1) is 0 Å². The van der Waals surface area contributed by atoms with Gasteiger partial charge in [-0.25, -0.2) is 0 Å². The van der Waals surface area contributed by atoms with Gasteiger partial charge in [0.05, 0.1) is 6.61 Å². The Morgan fingerprint density at radius 3 is 1.45 bits per heavy atom. The number of rotatable bonds is 41. The number of allylic oxidation sites excluding steroid dienone is 10. The van der Waals surface area contributed by atoms with Crippen LogP contribution >= 0.6 is 0 Å². The van der Waals surface area contributed by atoms with Crippen molar-refractivity contribution in [2.75, 3.05) is 19.0 Å². The highest BCUT2D eigenvalue weighted by molar-refractivity contribution is 7.85. The Bertz CT molecular complexity index is 1410. The van der Waals surface area contributed by atoms with E-state index in [1.54, 1.807) is 0 Å². The molecule has 0 saturated carbocycles. The van der Waals surface area contributed by atoms with Crippen molar-refractivity contribution in [3.8, 4) is 0 Å². The number of ether oxygens (including phenoxy) is 4. The van der Waals surface area contributed by atoms with Gasteiger partial charge >= 0.3 is 11.9 Å². The predicted molar refractivity (Wildman–Crippen MR) is 256 cm³/mol. The lowest BCUT2D eigenvalue weighted by Gasteiger charge is -2.40. The Hall–Kier alpha value is -2.65. The fourth-order valence-corrected chi connectivity index (χ4v) is 7.99. The molecule has 0 aliphatic carbocycles. The molecule has 1 aliphatic heterocycles. The summed E-state index contributed by atoms with van der Waals surface area (Å²) in [5.41, 5.74) is 0. The second kappa shape index (κ2) is 40.6. The molecule has 6 unspecified atom stereocenters. The van der Waals surface area contributed by atoms with E-state index in [0.717, 1.165) is 51.4 Å². The number of unbranched alkanes of at least 4 members (excludes halogenated alkanes) is 19. The van der Waals surface area contributed by atoms with Crippen LogP contribution < -0.4 is 0 Å². The van der Waals surface area contributed by atoms with E-state index >= 15 is 0 Å². The van der Waals surface area contributed by atoms with Gasteiger partial charge in [-0.05, 0) is 51.4 Å². The van der Waals surface area contributed by atoms with Crippen LogP contribution in [0.5, 0.6) is 0 Å². The van der Waals surface area contributed by atoms with E-state index in [0.29, 0.717) is 19.3 Å². The maximum atomic E-state index is 12.8. The molecule has 12 nitrogen and oxygen atoms in total. The molecule has 6 atom stereocenters. The summed E-state index contributed by atoms with van der Waals surface area (Å²) in [6, 6.07) is 0. The zero-order valence-corrected chi connectivity index (χ0v) is 40.4. The fraction of sp³-hybridized carbons (Fsp3) is 0.765. The minimum Gasteiger partial charge on any atom is -0.462 e. The van der Waals surface area contributed by atoms with Crippen LogP contribution in [-0.2, 0) is 38.7 Å². The zero-order chi connectivity index (χ0) is 46.9. The minimum atomic E-state index is -4.61. The second-order valence-corrected chi connectivity index (χ2v) is 18.6. The average molecular weight is 925 g/mol. The van der Waals surface area contributed by atoms with Crippen molar-refractivity contribution in [1.29, 1.82) is 0 Å². The fourth-order valence-electron chi connectivity index (χ4n) is 7.30. The normalized spacial score (nSPS) is 20.1. The number of carbonyl (C=O) groups excluding carboxylic acids is 2. The van der Waals surface area contributed by atoms with Crippen LogP contribution in [0.2, 0.25) is 0 Å². The Labute approximate surface area is 387 Å². The van der Waals surface area contributed by atoms with Crippen LogP contribution in [0.25, 0.3) is 0 Å². The second-order valence-electron chi connectivity index (χ2n) is 17.1. The lowest BCUT2D eigenvalue weighted by atomic mass is 10.00. The molecule has 0 aromatic heterocycles. The van der Waals surface area contributed by atoms with E-state index in [2.05, 4.69) is 62.5 Å². The van der Waals surface area contributed by atoms with Crippen molar-refractivity contribution in [2.45, 2.75) is 230 Å². The molecule has 370 valence electrons. The predicted octanol–water partition coefficient (Wildman–Crippen LogP) is 10.9. The van der Waals surface area contributed by atoms with Crippen molar-refractivity contribution in [3.05, 3.63) is 60.8 Å². The highest BCUT2D eigenvalue weighted by atomic mass is 32.2. The summed E-state index contributed by atoms with van der Waals surface area (Å²) in [7, 11) is -4.61. The minimum absolute atomic E-state index is 0.0853. The number of aliphatic hydroxyl groups is 3. The third-order valence-corrected chi connectivity index (χ3v) is 11.9. The molecule has 1 saturated heterocycles.